The van der Waals surface area contributed by atoms with Gasteiger partial charge in [0.05, 0.1) is 10.2 Å². The molecule has 6 heteroatoms. The Morgan fingerprint density at radius 2 is 2.10 bits per heavy atom. The van der Waals surface area contributed by atoms with Crippen LogP contribution in [0.1, 0.15) is 0 Å². The highest BCUT2D eigenvalue weighted by Gasteiger charge is 2.11. The second-order valence-electron chi connectivity index (χ2n) is 4.31. The van der Waals surface area contributed by atoms with Crippen LogP contribution in [0.4, 0.5) is 4.39 Å². The van der Waals surface area contributed by atoms with Crippen LogP contribution >= 0.6 is 11.3 Å². The molecule has 3 aromatic rings. The first-order chi connectivity index (χ1) is 10.1. The quantitative estimate of drug-likeness (QED) is 0.800. The minimum atomic E-state index is -1.04. The van der Waals surface area contributed by atoms with E-state index in [1.54, 1.807) is 36.4 Å². The minimum absolute atomic E-state index is 0.320. The summed E-state index contributed by atoms with van der Waals surface area (Å²) in [5, 5.41) is 9.18. The van der Waals surface area contributed by atoms with Crippen molar-refractivity contribution in [3.63, 3.8) is 0 Å². The van der Waals surface area contributed by atoms with Crippen molar-refractivity contribution in [1.82, 2.24) is 4.98 Å². The Bertz CT molecular complexity index is 816. The van der Waals surface area contributed by atoms with Crippen LogP contribution in [0.25, 0.3) is 20.8 Å². The molecular weight excluding hydrogens is 293 g/mol. The zero-order valence-electron chi connectivity index (χ0n) is 10.7. The van der Waals surface area contributed by atoms with Crippen LogP contribution in [0.5, 0.6) is 5.75 Å². The Morgan fingerprint density at radius 1 is 1.29 bits per heavy atom. The van der Waals surface area contributed by atoms with E-state index >= 15 is 0 Å². The average molecular weight is 303 g/mol. The van der Waals surface area contributed by atoms with Crippen molar-refractivity contribution < 1.29 is 19.0 Å². The summed E-state index contributed by atoms with van der Waals surface area (Å²) >= 11 is 1.33. The molecule has 21 heavy (non-hydrogen) atoms. The number of fused-ring (bicyclic) bond motifs is 1. The van der Waals surface area contributed by atoms with Gasteiger partial charge < -0.3 is 9.84 Å². The number of nitrogens with zero attached hydrogens (tertiary/aromatic N) is 1. The Balaban J connectivity index is 1.97. The highest BCUT2D eigenvalue weighted by atomic mass is 32.1. The summed E-state index contributed by atoms with van der Waals surface area (Å²) in [6.07, 6.45) is 0. The fourth-order valence-electron chi connectivity index (χ4n) is 1.89. The molecule has 0 saturated carbocycles. The summed E-state index contributed by atoms with van der Waals surface area (Å²) in [6.45, 7) is -0.398. The van der Waals surface area contributed by atoms with Gasteiger partial charge in [-0.3, -0.25) is 0 Å². The Labute approximate surface area is 123 Å². The normalized spacial score (nSPS) is 10.7. The zero-order valence-corrected chi connectivity index (χ0v) is 11.6. The number of thiazole rings is 1. The van der Waals surface area contributed by atoms with Crippen LogP contribution in [-0.4, -0.2) is 22.7 Å². The Morgan fingerprint density at radius 3 is 2.86 bits per heavy atom. The maximum atomic E-state index is 13.8. The fourth-order valence-corrected chi connectivity index (χ4v) is 2.91. The lowest BCUT2D eigenvalue weighted by molar-refractivity contribution is -0.139. The molecule has 0 aliphatic carbocycles. The predicted molar refractivity (Wildman–Crippen MR) is 78.1 cm³/mol. The summed E-state index contributed by atoms with van der Waals surface area (Å²) in [5.74, 6) is -0.904. The second-order valence-corrected chi connectivity index (χ2v) is 5.34. The van der Waals surface area contributed by atoms with Crippen molar-refractivity contribution >= 4 is 27.5 Å². The highest BCUT2D eigenvalue weighted by molar-refractivity contribution is 7.21. The third-order valence-electron chi connectivity index (χ3n) is 2.83. The van der Waals surface area contributed by atoms with Gasteiger partial charge in [-0.05, 0) is 30.3 Å². The van der Waals surface area contributed by atoms with Gasteiger partial charge in [-0.1, -0.05) is 12.1 Å². The molecule has 0 atom stereocenters. The third-order valence-corrected chi connectivity index (χ3v) is 3.88. The number of aliphatic carboxylic acids is 1. The topological polar surface area (TPSA) is 59.4 Å². The molecule has 1 aromatic heterocycles. The number of benzene rings is 2. The molecule has 0 spiro atoms. The molecule has 0 bridgehead atoms. The van der Waals surface area contributed by atoms with Crippen molar-refractivity contribution in [2.24, 2.45) is 0 Å². The molecule has 0 aliphatic heterocycles. The molecule has 2 aromatic carbocycles. The summed E-state index contributed by atoms with van der Waals surface area (Å²) in [6, 6.07) is 11.5. The van der Waals surface area contributed by atoms with Gasteiger partial charge in [-0.2, -0.15) is 0 Å². The van der Waals surface area contributed by atoms with E-state index in [-0.39, 0.29) is 5.82 Å². The molecule has 4 nitrogen and oxygen atoms in total. The molecule has 0 fully saturated rings. The van der Waals surface area contributed by atoms with Crippen LogP contribution < -0.4 is 4.74 Å². The maximum absolute atomic E-state index is 13.8. The minimum Gasteiger partial charge on any atom is -0.482 e. The van der Waals surface area contributed by atoms with E-state index in [1.165, 1.54) is 17.4 Å². The van der Waals surface area contributed by atoms with Crippen LogP contribution in [0.2, 0.25) is 0 Å². The predicted octanol–water partition coefficient (Wildman–Crippen LogP) is 3.57. The van der Waals surface area contributed by atoms with E-state index in [0.29, 0.717) is 16.3 Å². The number of ether oxygens (including phenoxy) is 1. The summed E-state index contributed by atoms with van der Waals surface area (Å²) in [7, 11) is 0. The van der Waals surface area contributed by atoms with E-state index in [9.17, 15) is 9.18 Å². The van der Waals surface area contributed by atoms with Crippen LogP contribution in [0.15, 0.2) is 42.5 Å². The number of hydrogen-bond donors (Lipinski definition) is 1. The summed E-state index contributed by atoms with van der Waals surface area (Å²) in [5.41, 5.74) is 1.17. The largest absolute Gasteiger partial charge is 0.482 e. The van der Waals surface area contributed by atoms with E-state index in [0.717, 1.165) is 10.2 Å². The average Bonchev–Trinajstić information content (AvgIpc) is 2.88. The van der Waals surface area contributed by atoms with E-state index in [2.05, 4.69) is 4.98 Å². The molecule has 106 valence electrons. The molecule has 0 radical (unpaired) electrons. The molecule has 3 rings (SSSR count). The van der Waals surface area contributed by atoms with E-state index < -0.39 is 12.6 Å². The second kappa shape index (κ2) is 5.49. The first kappa shape index (κ1) is 13.5. The first-order valence-electron chi connectivity index (χ1n) is 6.13. The first-order valence-corrected chi connectivity index (χ1v) is 6.95. The SMILES string of the molecule is O=C(O)COc1ccc2nc(-c3ccccc3F)sc2c1. The Kier molecular flexibility index (Phi) is 3.53. The van der Waals surface area contributed by atoms with Crippen molar-refractivity contribution in [1.29, 1.82) is 0 Å². The number of rotatable bonds is 4. The molecule has 0 aliphatic rings. The van der Waals surface area contributed by atoms with Gasteiger partial charge >= 0.3 is 5.97 Å². The number of carboxylic acid groups (broad SMARTS) is 1. The molecule has 0 unspecified atom stereocenters. The van der Waals surface area contributed by atoms with Gasteiger partial charge in [0.15, 0.2) is 6.61 Å². The smallest absolute Gasteiger partial charge is 0.341 e. The van der Waals surface area contributed by atoms with Crippen LogP contribution in [-0.2, 0) is 4.79 Å². The van der Waals surface area contributed by atoms with Crippen LogP contribution in [0.3, 0.4) is 0 Å². The van der Waals surface area contributed by atoms with Crippen molar-refractivity contribution in [2.75, 3.05) is 6.61 Å². The van der Waals surface area contributed by atoms with Crippen molar-refractivity contribution in [3.05, 3.63) is 48.3 Å². The lowest BCUT2D eigenvalue weighted by Gasteiger charge is -2.01. The standard InChI is InChI=1S/C15H10FNO3S/c16-11-4-2-1-3-10(11)15-17-12-6-5-9(7-13(12)21-15)20-8-14(18)19/h1-7H,8H2,(H,18,19). The third kappa shape index (κ3) is 2.85. The van der Waals surface area contributed by atoms with Gasteiger partial charge in [-0.25, -0.2) is 14.2 Å². The number of carbonyl (C=O) groups is 1. The van der Waals surface area contributed by atoms with E-state index in [4.69, 9.17) is 9.84 Å². The van der Waals surface area contributed by atoms with Gasteiger partial charge in [0, 0.05) is 5.56 Å². The number of halogens is 1. The lowest BCUT2D eigenvalue weighted by atomic mass is 10.2. The van der Waals surface area contributed by atoms with Gasteiger partial charge in [0.25, 0.3) is 0 Å². The zero-order chi connectivity index (χ0) is 14.8. The molecule has 0 amide bonds. The maximum Gasteiger partial charge on any atom is 0.341 e. The molecule has 1 N–H and O–H groups in total. The summed E-state index contributed by atoms with van der Waals surface area (Å²) < 4.78 is 19.7. The number of carboxylic acids is 1. The van der Waals surface area contributed by atoms with Gasteiger partial charge in [0.1, 0.15) is 16.6 Å². The fraction of sp³-hybridized carbons (Fsp3) is 0.0667. The summed E-state index contributed by atoms with van der Waals surface area (Å²) in [4.78, 5) is 14.9. The van der Waals surface area contributed by atoms with Crippen LogP contribution in [0, 0.1) is 5.82 Å². The molecule has 0 saturated heterocycles. The van der Waals surface area contributed by atoms with Gasteiger partial charge in [-0.15, -0.1) is 11.3 Å². The number of hydrogen-bond acceptors (Lipinski definition) is 4. The van der Waals surface area contributed by atoms with Gasteiger partial charge in [0.2, 0.25) is 0 Å². The number of aromatic nitrogens is 1. The molecular formula is C15H10FNO3S. The monoisotopic (exact) mass is 303 g/mol. The lowest BCUT2D eigenvalue weighted by Crippen LogP contribution is -2.09. The molecule has 1 heterocycles. The Hall–Kier alpha value is -2.47. The highest BCUT2D eigenvalue weighted by Crippen LogP contribution is 2.33. The van der Waals surface area contributed by atoms with Crippen molar-refractivity contribution in [3.8, 4) is 16.3 Å². The van der Waals surface area contributed by atoms with Crippen molar-refractivity contribution in [2.45, 2.75) is 0 Å². The van der Waals surface area contributed by atoms with E-state index in [1.807, 2.05) is 0 Å².